The molecule has 4 aliphatic carbocycles. The van der Waals surface area contributed by atoms with Gasteiger partial charge in [-0.05, 0) is 80.9 Å². The highest BCUT2D eigenvalue weighted by Crippen LogP contribution is 2.60. The molecular weight excluding hydrogens is 485 g/mol. The van der Waals surface area contributed by atoms with Gasteiger partial charge in [-0.25, -0.2) is 9.78 Å². The van der Waals surface area contributed by atoms with Crippen molar-refractivity contribution in [3.8, 4) is 6.07 Å². The third-order valence-corrected chi connectivity index (χ3v) is 9.49. The van der Waals surface area contributed by atoms with Crippen LogP contribution in [0.4, 0.5) is 13.2 Å². The predicted molar refractivity (Wildman–Crippen MR) is 132 cm³/mol. The maximum atomic E-state index is 14.1. The number of para-hydroxylation sites is 2. The summed E-state index contributed by atoms with van der Waals surface area (Å²) < 4.78 is 44.0. The average Bonchev–Trinajstić information content (AvgIpc) is 3.14. The van der Waals surface area contributed by atoms with E-state index >= 15 is 0 Å². The normalized spacial score (nSPS) is 27.0. The second kappa shape index (κ2) is 8.69. The molecule has 0 radical (unpaired) electrons. The number of aromatic nitrogens is 3. The van der Waals surface area contributed by atoms with Gasteiger partial charge in [-0.2, -0.15) is 18.4 Å². The minimum atomic E-state index is -4.61. The van der Waals surface area contributed by atoms with Gasteiger partial charge in [-0.15, -0.1) is 11.8 Å². The van der Waals surface area contributed by atoms with Crippen molar-refractivity contribution in [2.24, 2.45) is 17.8 Å². The fourth-order valence-electron chi connectivity index (χ4n) is 7.37. The molecule has 0 spiro atoms. The van der Waals surface area contributed by atoms with Crippen LogP contribution in [0.25, 0.3) is 11.0 Å². The Labute approximate surface area is 211 Å². The molecule has 0 unspecified atom stereocenters. The number of H-pyrrole nitrogens is 1. The second-order valence-corrected chi connectivity index (χ2v) is 11.9. The Morgan fingerprint density at radius 3 is 2.44 bits per heavy atom. The van der Waals surface area contributed by atoms with Crippen molar-refractivity contribution in [3.63, 3.8) is 0 Å². The Balaban J connectivity index is 1.28. The van der Waals surface area contributed by atoms with Crippen LogP contribution in [0.15, 0.2) is 40.2 Å². The smallest absolute Gasteiger partial charge is 0.306 e. The van der Waals surface area contributed by atoms with Gasteiger partial charge in [0, 0.05) is 23.4 Å². The van der Waals surface area contributed by atoms with E-state index in [1.165, 1.54) is 37.1 Å². The van der Waals surface area contributed by atoms with Gasteiger partial charge >= 0.3 is 11.9 Å². The topological polar surface area (TPSA) is 74.5 Å². The Bertz CT molecular complexity index is 1380. The lowest BCUT2D eigenvalue weighted by Crippen LogP contribution is -2.49. The molecule has 3 aromatic rings. The Kier molecular flexibility index (Phi) is 5.71. The van der Waals surface area contributed by atoms with Gasteiger partial charge in [-0.1, -0.05) is 12.1 Å². The number of halogens is 3. The first-order valence-electron chi connectivity index (χ1n) is 12.6. The van der Waals surface area contributed by atoms with Crippen LogP contribution in [0.5, 0.6) is 0 Å². The largest absolute Gasteiger partial charge is 0.417 e. The summed E-state index contributed by atoms with van der Waals surface area (Å²) in [4.78, 5) is 19.9. The zero-order valence-electron chi connectivity index (χ0n) is 19.8. The van der Waals surface area contributed by atoms with E-state index < -0.39 is 11.7 Å². The SMILES string of the molecule is N#Cc1c(C(F)(F)F)cc(C23CC4CC(CC(C4)C2)C3)nc1SCCCn1c(=O)[nH]c2ccccc21. The molecular formula is C27H27F3N4OS. The van der Waals surface area contributed by atoms with Crippen LogP contribution in [0.2, 0.25) is 0 Å². The fourth-order valence-corrected chi connectivity index (χ4v) is 8.30. The highest BCUT2D eigenvalue weighted by molar-refractivity contribution is 7.99. The molecule has 0 aliphatic heterocycles. The molecule has 36 heavy (non-hydrogen) atoms. The summed E-state index contributed by atoms with van der Waals surface area (Å²) in [6, 6.07) is 10.4. The predicted octanol–water partition coefficient (Wildman–Crippen LogP) is 6.27. The van der Waals surface area contributed by atoms with Crippen LogP contribution in [0.1, 0.15) is 61.8 Å². The van der Waals surface area contributed by atoms with Crippen LogP contribution in [-0.2, 0) is 18.1 Å². The third-order valence-electron chi connectivity index (χ3n) is 8.43. The second-order valence-electron chi connectivity index (χ2n) is 10.8. The molecule has 7 rings (SSSR count). The summed E-state index contributed by atoms with van der Waals surface area (Å²) >= 11 is 1.19. The number of hydrogen-bond donors (Lipinski definition) is 1. The molecule has 1 aromatic carbocycles. The lowest BCUT2D eigenvalue weighted by Gasteiger charge is -2.56. The first-order chi connectivity index (χ1) is 17.3. The molecule has 0 saturated heterocycles. The van der Waals surface area contributed by atoms with Crippen LogP contribution in [0, 0.1) is 29.1 Å². The van der Waals surface area contributed by atoms with E-state index in [9.17, 15) is 23.2 Å². The number of pyridine rings is 1. The summed E-state index contributed by atoms with van der Waals surface area (Å²) in [5.74, 6) is 2.19. The van der Waals surface area contributed by atoms with E-state index in [4.69, 9.17) is 4.98 Å². The lowest BCUT2D eigenvalue weighted by molar-refractivity contribution is -0.138. The van der Waals surface area contributed by atoms with Gasteiger partial charge in [-0.3, -0.25) is 4.57 Å². The number of alkyl halides is 3. The number of fused-ring (bicyclic) bond motifs is 1. The maximum Gasteiger partial charge on any atom is 0.417 e. The van der Waals surface area contributed by atoms with E-state index in [0.29, 0.717) is 42.2 Å². The van der Waals surface area contributed by atoms with Crippen LogP contribution >= 0.6 is 11.8 Å². The minimum absolute atomic E-state index is 0.171. The molecule has 0 atom stereocenters. The van der Waals surface area contributed by atoms with E-state index in [1.54, 1.807) is 10.6 Å². The third kappa shape index (κ3) is 4.03. The molecule has 4 saturated carbocycles. The summed E-state index contributed by atoms with van der Waals surface area (Å²) in [6.45, 7) is 0.429. The van der Waals surface area contributed by atoms with E-state index in [1.807, 2.05) is 24.3 Å². The van der Waals surface area contributed by atoms with Crippen LogP contribution < -0.4 is 5.69 Å². The maximum absolute atomic E-state index is 14.1. The molecule has 4 fully saturated rings. The van der Waals surface area contributed by atoms with Crippen molar-refractivity contribution in [3.05, 3.63) is 57.6 Å². The summed E-state index contributed by atoms with van der Waals surface area (Å²) in [5, 5.41) is 9.87. The number of nitrogens with one attached hydrogen (secondary N) is 1. The summed E-state index contributed by atoms with van der Waals surface area (Å²) in [7, 11) is 0. The molecule has 188 valence electrons. The molecule has 4 aliphatic rings. The number of imidazole rings is 1. The molecule has 5 nitrogen and oxygen atoms in total. The Morgan fingerprint density at radius 2 is 1.81 bits per heavy atom. The zero-order valence-corrected chi connectivity index (χ0v) is 20.6. The van der Waals surface area contributed by atoms with Gasteiger partial charge in [0.2, 0.25) is 0 Å². The van der Waals surface area contributed by atoms with Gasteiger partial charge < -0.3 is 4.98 Å². The number of benzene rings is 1. The van der Waals surface area contributed by atoms with Crippen molar-refractivity contribution in [1.29, 1.82) is 5.26 Å². The number of thioether (sulfide) groups is 1. The number of rotatable bonds is 6. The van der Waals surface area contributed by atoms with E-state index in [2.05, 4.69) is 4.98 Å². The highest BCUT2D eigenvalue weighted by atomic mass is 32.2. The van der Waals surface area contributed by atoms with Crippen molar-refractivity contribution in [2.75, 3.05) is 5.75 Å². The van der Waals surface area contributed by atoms with Gasteiger partial charge in [0.1, 0.15) is 11.1 Å². The number of nitrogens with zero attached hydrogens (tertiary/aromatic N) is 3. The van der Waals surface area contributed by atoms with Crippen LogP contribution in [0.3, 0.4) is 0 Å². The summed E-state index contributed by atoms with van der Waals surface area (Å²) in [5.41, 5.74) is 0.332. The first kappa shape index (κ1) is 23.7. The molecule has 2 aromatic heterocycles. The highest BCUT2D eigenvalue weighted by Gasteiger charge is 2.53. The van der Waals surface area contributed by atoms with E-state index in [-0.39, 0.29) is 21.7 Å². The Morgan fingerprint density at radius 1 is 1.14 bits per heavy atom. The molecule has 4 bridgehead atoms. The van der Waals surface area contributed by atoms with Crippen molar-refractivity contribution in [2.45, 2.75) is 68.1 Å². The molecule has 0 amide bonds. The minimum Gasteiger partial charge on any atom is -0.306 e. The van der Waals surface area contributed by atoms with Crippen LogP contribution in [-0.4, -0.2) is 20.3 Å². The molecule has 9 heteroatoms. The standard InChI is InChI=1S/C27H27F3N4OS/c28-27(29,30)20-11-23(26-12-16-8-17(13-26)10-18(9-16)14-26)33-24(19(20)15-31)36-7-3-6-34-22-5-2-1-4-21(22)32-25(34)35/h1-2,4-5,11,16-18H,3,6-10,12-14H2,(H,32,35). The van der Waals surface area contributed by atoms with Gasteiger partial charge in [0.05, 0.1) is 22.2 Å². The number of aromatic amines is 1. The fraction of sp³-hybridized carbons (Fsp3) is 0.519. The first-order valence-corrected chi connectivity index (χ1v) is 13.6. The Hall–Kier alpha value is -2.73. The molecule has 2 heterocycles. The van der Waals surface area contributed by atoms with Gasteiger partial charge in [0.15, 0.2) is 0 Å². The van der Waals surface area contributed by atoms with Gasteiger partial charge in [0.25, 0.3) is 0 Å². The zero-order chi connectivity index (χ0) is 25.1. The monoisotopic (exact) mass is 512 g/mol. The van der Waals surface area contributed by atoms with Crippen molar-refractivity contribution < 1.29 is 13.2 Å². The quantitative estimate of drug-likeness (QED) is 0.312. The molecule has 1 N–H and O–H groups in total. The number of aryl methyl sites for hydroxylation is 1. The van der Waals surface area contributed by atoms with Crippen molar-refractivity contribution >= 4 is 22.8 Å². The summed E-state index contributed by atoms with van der Waals surface area (Å²) in [6.07, 6.45) is 2.23. The van der Waals surface area contributed by atoms with E-state index in [0.717, 1.165) is 30.3 Å². The average molecular weight is 513 g/mol. The number of hydrogen-bond acceptors (Lipinski definition) is 4. The lowest BCUT2D eigenvalue weighted by atomic mass is 9.48. The van der Waals surface area contributed by atoms with Crippen molar-refractivity contribution in [1.82, 2.24) is 14.5 Å². The number of nitriles is 1.